The molecule has 1 fully saturated rings. The van der Waals surface area contributed by atoms with Crippen molar-refractivity contribution in [3.8, 4) is 0 Å². The Labute approximate surface area is 103 Å². The molecule has 1 aliphatic rings. The number of thioether (sulfide) groups is 1. The first-order valence-corrected chi connectivity index (χ1v) is 6.48. The fourth-order valence-electron chi connectivity index (χ4n) is 1.63. The van der Waals surface area contributed by atoms with E-state index in [9.17, 15) is 10.1 Å². The zero-order valence-electron chi connectivity index (χ0n) is 8.48. The average Bonchev–Trinajstić information content (AvgIpc) is 2.73. The number of hydrogen-bond acceptors (Lipinski definition) is 4. The maximum Gasteiger partial charge on any atom is 0.289 e. The van der Waals surface area contributed by atoms with Gasteiger partial charge in [0.2, 0.25) is 0 Å². The minimum absolute atomic E-state index is 0.0442. The molecule has 1 aromatic carbocycles. The van der Waals surface area contributed by atoms with Gasteiger partial charge >= 0.3 is 0 Å². The van der Waals surface area contributed by atoms with Crippen molar-refractivity contribution in [1.29, 1.82) is 0 Å². The monoisotopic (exact) mass is 258 g/mol. The first-order chi connectivity index (χ1) is 7.66. The SMILES string of the molecule is O=[N+]([O-])c1cc(NC2CCSC2)ccc1Cl. The molecule has 0 aromatic heterocycles. The second kappa shape index (κ2) is 4.93. The number of nitrogens with one attached hydrogen (secondary N) is 1. The van der Waals surface area contributed by atoms with Gasteiger partial charge in [-0.15, -0.1) is 0 Å². The lowest BCUT2D eigenvalue weighted by Crippen LogP contribution is -2.17. The van der Waals surface area contributed by atoms with Crippen molar-refractivity contribution < 1.29 is 4.92 Å². The lowest BCUT2D eigenvalue weighted by atomic mass is 10.2. The summed E-state index contributed by atoms with van der Waals surface area (Å²) < 4.78 is 0. The highest BCUT2D eigenvalue weighted by Gasteiger charge is 2.17. The molecule has 1 N–H and O–H groups in total. The van der Waals surface area contributed by atoms with Gasteiger partial charge in [-0.05, 0) is 24.3 Å². The van der Waals surface area contributed by atoms with Crippen molar-refractivity contribution in [3.63, 3.8) is 0 Å². The summed E-state index contributed by atoms with van der Waals surface area (Å²) in [5.41, 5.74) is 0.723. The number of nitro benzene ring substituents is 1. The minimum Gasteiger partial charge on any atom is -0.381 e. The molecule has 1 saturated heterocycles. The van der Waals surface area contributed by atoms with E-state index in [1.165, 1.54) is 6.07 Å². The maximum atomic E-state index is 10.7. The highest BCUT2D eigenvalue weighted by Crippen LogP contribution is 2.29. The molecule has 1 aliphatic heterocycles. The third-order valence-electron chi connectivity index (χ3n) is 2.44. The van der Waals surface area contributed by atoms with Crippen molar-refractivity contribution in [2.75, 3.05) is 16.8 Å². The maximum absolute atomic E-state index is 10.7. The highest BCUT2D eigenvalue weighted by atomic mass is 35.5. The molecule has 1 unspecified atom stereocenters. The molecule has 16 heavy (non-hydrogen) atoms. The second-order valence-corrected chi connectivity index (χ2v) is 5.19. The Kier molecular flexibility index (Phi) is 3.56. The van der Waals surface area contributed by atoms with Crippen LogP contribution in [-0.2, 0) is 0 Å². The quantitative estimate of drug-likeness (QED) is 0.668. The van der Waals surface area contributed by atoms with Gasteiger partial charge in [-0.1, -0.05) is 11.6 Å². The van der Waals surface area contributed by atoms with E-state index < -0.39 is 4.92 Å². The van der Waals surface area contributed by atoms with E-state index in [1.807, 2.05) is 11.8 Å². The summed E-state index contributed by atoms with van der Waals surface area (Å²) in [4.78, 5) is 10.2. The van der Waals surface area contributed by atoms with Crippen LogP contribution in [0.5, 0.6) is 0 Å². The van der Waals surface area contributed by atoms with Gasteiger partial charge in [0, 0.05) is 23.5 Å². The second-order valence-electron chi connectivity index (χ2n) is 3.63. The van der Waals surface area contributed by atoms with E-state index in [-0.39, 0.29) is 10.7 Å². The van der Waals surface area contributed by atoms with Crippen LogP contribution in [0.1, 0.15) is 6.42 Å². The molecule has 0 amide bonds. The zero-order valence-corrected chi connectivity index (χ0v) is 10.1. The number of rotatable bonds is 3. The van der Waals surface area contributed by atoms with Crippen LogP contribution in [0.2, 0.25) is 5.02 Å². The van der Waals surface area contributed by atoms with Crippen molar-refractivity contribution in [2.45, 2.75) is 12.5 Å². The van der Waals surface area contributed by atoms with E-state index in [0.717, 1.165) is 23.6 Å². The smallest absolute Gasteiger partial charge is 0.289 e. The Morgan fingerprint density at radius 3 is 3.00 bits per heavy atom. The Balaban J connectivity index is 2.15. The Morgan fingerprint density at radius 2 is 2.38 bits per heavy atom. The van der Waals surface area contributed by atoms with Gasteiger partial charge in [0.25, 0.3) is 5.69 Å². The molecule has 86 valence electrons. The number of anilines is 1. The van der Waals surface area contributed by atoms with Gasteiger partial charge in [0.05, 0.1) is 4.92 Å². The van der Waals surface area contributed by atoms with Gasteiger partial charge in [-0.2, -0.15) is 11.8 Å². The van der Waals surface area contributed by atoms with Gasteiger partial charge < -0.3 is 5.32 Å². The molecule has 0 bridgehead atoms. The number of halogens is 1. The van der Waals surface area contributed by atoms with E-state index in [1.54, 1.807) is 12.1 Å². The number of benzene rings is 1. The van der Waals surface area contributed by atoms with Crippen LogP contribution in [0.15, 0.2) is 18.2 Å². The largest absolute Gasteiger partial charge is 0.381 e. The molecule has 1 aromatic rings. The van der Waals surface area contributed by atoms with E-state index >= 15 is 0 Å². The third kappa shape index (κ3) is 2.59. The van der Waals surface area contributed by atoms with Gasteiger partial charge in [-0.25, -0.2) is 0 Å². The lowest BCUT2D eigenvalue weighted by Gasteiger charge is -2.12. The van der Waals surface area contributed by atoms with Crippen molar-refractivity contribution >= 4 is 34.7 Å². The molecule has 0 saturated carbocycles. The minimum atomic E-state index is -0.461. The van der Waals surface area contributed by atoms with Crippen LogP contribution in [0.3, 0.4) is 0 Å². The zero-order chi connectivity index (χ0) is 11.5. The molecule has 4 nitrogen and oxygen atoms in total. The predicted octanol–water partition coefficient (Wildman–Crippen LogP) is 3.17. The topological polar surface area (TPSA) is 55.2 Å². The van der Waals surface area contributed by atoms with E-state index in [2.05, 4.69) is 5.32 Å². The summed E-state index contributed by atoms with van der Waals surface area (Å²) in [7, 11) is 0. The van der Waals surface area contributed by atoms with Gasteiger partial charge in [0.15, 0.2) is 0 Å². The summed E-state index contributed by atoms with van der Waals surface area (Å²) in [6, 6.07) is 5.24. The van der Waals surface area contributed by atoms with Crippen molar-refractivity contribution in [3.05, 3.63) is 33.3 Å². The van der Waals surface area contributed by atoms with Crippen LogP contribution >= 0.6 is 23.4 Å². The molecule has 1 atom stereocenters. The first-order valence-electron chi connectivity index (χ1n) is 4.95. The summed E-state index contributed by atoms with van der Waals surface area (Å²) in [6.07, 6.45) is 1.10. The third-order valence-corrected chi connectivity index (χ3v) is 3.93. The molecular weight excluding hydrogens is 248 g/mol. The summed E-state index contributed by atoms with van der Waals surface area (Å²) in [5.74, 6) is 2.20. The van der Waals surface area contributed by atoms with Crippen molar-refractivity contribution in [1.82, 2.24) is 0 Å². The van der Waals surface area contributed by atoms with Crippen LogP contribution in [0, 0.1) is 10.1 Å². The number of hydrogen-bond donors (Lipinski definition) is 1. The molecule has 0 spiro atoms. The molecule has 0 aliphatic carbocycles. The Hall–Kier alpha value is -0.940. The van der Waals surface area contributed by atoms with Crippen LogP contribution < -0.4 is 5.32 Å². The summed E-state index contributed by atoms with van der Waals surface area (Å²) >= 11 is 7.63. The Morgan fingerprint density at radius 1 is 1.56 bits per heavy atom. The molecule has 2 rings (SSSR count). The summed E-state index contributed by atoms with van der Waals surface area (Å²) in [6.45, 7) is 0. The van der Waals surface area contributed by atoms with E-state index in [4.69, 9.17) is 11.6 Å². The predicted molar refractivity (Wildman–Crippen MR) is 67.5 cm³/mol. The van der Waals surface area contributed by atoms with E-state index in [0.29, 0.717) is 6.04 Å². The fraction of sp³-hybridized carbons (Fsp3) is 0.400. The number of nitro groups is 1. The van der Waals surface area contributed by atoms with Gasteiger partial charge in [-0.3, -0.25) is 10.1 Å². The first kappa shape index (κ1) is 11.5. The molecular formula is C10H11ClN2O2S. The van der Waals surface area contributed by atoms with Crippen molar-refractivity contribution in [2.24, 2.45) is 0 Å². The molecule has 0 radical (unpaired) electrons. The molecule has 6 heteroatoms. The molecule has 1 heterocycles. The fourth-order valence-corrected chi connectivity index (χ4v) is 2.97. The van der Waals surface area contributed by atoms with Crippen LogP contribution in [-0.4, -0.2) is 22.5 Å². The van der Waals surface area contributed by atoms with Crippen LogP contribution in [0.25, 0.3) is 0 Å². The highest BCUT2D eigenvalue weighted by molar-refractivity contribution is 7.99. The Bertz CT molecular complexity index is 408. The lowest BCUT2D eigenvalue weighted by molar-refractivity contribution is -0.384. The summed E-state index contributed by atoms with van der Waals surface area (Å²) in [5, 5.41) is 14.2. The number of nitrogens with zero attached hydrogens (tertiary/aromatic N) is 1. The average molecular weight is 259 g/mol. The normalized spacial score (nSPS) is 19.7. The van der Waals surface area contributed by atoms with Gasteiger partial charge in [0.1, 0.15) is 5.02 Å². The van der Waals surface area contributed by atoms with Crippen LogP contribution in [0.4, 0.5) is 11.4 Å². The standard InChI is InChI=1S/C10H11ClN2O2S/c11-9-2-1-7(5-10(9)13(14)15)12-8-3-4-16-6-8/h1-2,5,8,12H,3-4,6H2.